The average Bonchev–Trinajstić information content (AvgIpc) is 3.06. The van der Waals surface area contributed by atoms with Gasteiger partial charge in [-0.3, -0.25) is 0 Å². The Morgan fingerprint density at radius 1 is 0.935 bits per heavy atom. The molecule has 4 rings (SSSR count). The Labute approximate surface area is 187 Å². The van der Waals surface area contributed by atoms with Crippen LogP contribution in [0.2, 0.25) is 5.04 Å². The van der Waals surface area contributed by atoms with Crippen molar-refractivity contribution in [1.29, 1.82) is 0 Å². The summed E-state index contributed by atoms with van der Waals surface area (Å²) in [5, 5.41) is 2.40. The molecule has 5 heteroatoms. The molecular formula is C26H34O4Si. The van der Waals surface area contributed by atoms with Crippen molar-refractivity contribution in [2.45, 2.75) is 76.2 Å². The lowest BCUT2D eigenvalue weighted by Gasteiger charge is -2.43. The number of benzene rings is 2. The first-order valence-corrected chi connectivity index (χ1v) is 13.4. The van der Waals surface area contributed by atoms with Crippen molar-refractivity contribution < 1.29 is 18.7 Å². The van der Waals surface area contributed by atoms with E-state index in [1.165, 1.54) is 16.8 Å². The minimum absolute atomic E-state index is 0.0860. The number of carbonyl (C=O) groups is 1. The highest BCUT2D eigenvalue weighted by atomic mass is 28.4. The molecule has 2 aromatic carbocycles. The predicted octanol–water partition coefficient (Wildman–Crippen LogP) is 4.56. The Kier molecular flexibility index (Phi) is 6.38. The minimum Gasteiger partial charge on any atom is -0.431 e. The third-order valence-electron chi connectivity index (χ3n) is 6.64. The number of esters is 1. The fraction of sp³-hybridized carbons (Fsp3) is 0.500. The smallest absolute Gasteiger partial charge is 0.338 e. The Bertz CT molecular complexity index is 830. The highest BCUT2D eigenvalue weighted by molar-refractivity contribution is 6.99. The molecule has 166 valence electrons. The molecule has 1 heterocycles. The molecule has 0 amide bonds. The van der Waals surface area contributed by atoms with Crippen LogP contribution in [-0.4, -0.2) is 32.8 Å². The normalized spacial score (nSPS) is 21.3. The number of rotatable bonds is 6. The molecule has 31 heavy (non-hydrogen) atoms. The van der Waals surface area contributed by atoms with Gasteiger partial charge in [-0.15, -0.1) is 0 Å². The summed E-state index contributed by atoms with van der Waals surface area (Å²) >= 11 is 0. The molecule has 0 radical (unpaired) electrons. The van der Waals surface area contributed by atoms with Gasteiger partial charge in [0.1, 0.15) is 0 Å². The third-order valence-corrected chi connectivity index (χ3v) is 11.7. The molecule has 0 N–H and O–H groups in total. The van der Waals surface area contributed by atoms with Gasteiger partial charge >= 0.3 is 5.97 Å². The van der Waals surface area contributed by atoms with E-state index >= 15 is 0 Å². The lowest BCUT2D eigenvalue weighted by molar-refractivity contribution is -0.192. The SMILES string of the molecule is CC(C)(C)[Si](OCCC1OC2(CCCCC2)OC1=O)(c1ccccc1)c1ccccc1. The number of ether oxygens (including phenoxy) is 2. The van der Waals surface area contributed by atoms with E-state index in [2.05, 4.69) is 69.3 Å². The lowest BCUT2D eigenvalue weighted by atomic mass is 9.94. The second-order valence-corrected chi connectivity index (χ2v) is 14.1. The van der Waals surface area contributed by atoms with Gasteiger partial charge in [0.15, 0.2) is 6.10 Å². The molecule has 4 nitrogen and oxygen atoms in total. The van der Waals surface area contributed by atoms with Crippen LogP contribution in [0.3, 0.4) is 0 Å². The second kappa shape index (κ2) is 8.89. The molecule has 1 aliphatic heterocycles. The monoisotopic (exact) mass is 438 g/mol. The number of hydrogen-bond donors (Lipinski definition) is 0. The summed E-state index contributed by atoms with van der Waals surface area (Å²) in [4.78, 5) is 12.5. The Hall–Kier alpha value is -1.95. The van der Waals surface area contributed by atoms with Crippen LogP contribution in [0.25, 0.3) is 0 Å². The van der Waals surface area contributed by atoms with Gasteiger partial charge in [0.05, 0.1) is 0 Å². The predicted molar refractivity (Wildman–Crippen MR) is 125 cm³/mol. The van der Waals surface area contributed by atoms with Crippen molar-refractivity contribution in [3.8, 4) is 0 Å². The fourth-order valence-corrected chi connectivity index (χ4v) is 9.73. The van der Waals surface area contributed by atoms with Crippen LogP contribution >= 0.6 is 0 Å². The van der Waals surface area contributed by atoms with Gasteiger partial charge in [0, 0.05) is 25.9 Å². The van der Waals surface area contributed by atoms with Gasteiger partial charge in [0.25, 0.3) is 8.32 Å². The maximum atomic E-state index is 12.5. The molecule has 2 aromatic rings. The van der Waals surface area contributed by atoms with E-state index in [0.717, 1.165) is 25.7 Å². The Morgan fingerprint density at radius 3 is 2.00 bits per heavy atom. The number of carbonyl (C=O) groups excluding carboxylic acids is 1. The van der Waals surface area contributed by atoms with Crippen LogP contribution in [0, 0.1) is 0 Å². The molecule has 0 bridgehead atoms. The summed E-state index contributed by atoms with van der Waals surface area (Å²) in [5.74, 6) is -0.912. The highest BCUT2D eigenvalue weighted by Gasteiger charge is 2.51. The first kappa shape index (κ1) is 22.2. The molecule has 1 saturated heterocycles. The zero-order valence-electron chi connectivity index (χ0n) is 18.9. The van der Waals surface area contributed by atoms with Crippen LogP contribution in [0.15, 0.2) is 60.7 Å². The first-order chi connectivity index (χ1) is 14.9. The fourth-order valence-electron chi connectivity index (χ4n) is 5.15. The zero-order valence-corrected chi connectivity index (χ0v) is 19.9. The molecule has 1 atom stereocenters. The number of hydrogen-bond acceptors (Lipinski definition) is 4. The van der Waals surface area contributed by atoms with Crippen molar-refractivity contribution in [1.82, 2.24) is 0 Å². The molecule has 1 unspecified atom stereocenters. The standard InChI is InChI=1S/C26H34O4Si/c1-25(2,3)31(21-13-7-4-8-14-21,22-15-9-5-10-16-22)28-20-17-23-24(27)30-26(29-23)18-11-6-12-19-26/h4-5,7-10,13-16,23H,6,11-12,17-20H2,1-3H3. The summed E-state index contributed by atoms with van der Waals surface area (Å²) in [5.41, 5.74) is 0. The van der Waals surface area contributed by atoms with Crippen LogP contribution in [0.1, 0.15) is 59.3 Å². The second-order valence-electron chi connectivity index (χ2n) is 9.80. The minimum atomic E-state index is -2.60. The van der Waals surface area contributed by atoms with E-state index in [9.17, 15) is 4.79 Å². The van der Waals surface area contributed by atoms with Gasteiger partial charge < -0.3 is 13.9 Å². The van der Waals surface area contributed by atoms with Gasteiger partial charge in [-0.25, -0.2) is 4.79 Å². The van der Waals surface area contributed by atoms with Crippen molar-refractivity contribution in [2.75, 3.05) is 6.61 Å². The van der Waals surface area contributed by atoms with Crippen molar-refractivity contribution in [2.24, 2.45) is 0 Å². The molecule has 1 saturated carbocycles. The summed E-state index contributed by atoms with van der Waals surface area (Å²) in [6.07, 6.45) is 4.90. The largest absolute Gasteiger partial charge is 0.431 e. The van der Waals surface area contributed by atoms with Crippen LogP contribution in [-0.2, 0) is 18.7 Å². The van der Waals surface area contributed by atoms with E-state index < -0.39 is 20.2 Å². The Balaban J connectivity index is 1.57. The van der Waals surface area contributed by atoms with E-state index in [-0.39, 0.29) is 11.0 Å². The van der Waals surface area contributed by atoms with Gasteiger partial charge in [-0.05, 0) is 28.3 Å². The van der Waals surface area contributed by atoms with E-state index in [0.29, 0.717) is 13.0 Å². The topological polar surface area (TPSA) is 44.8 Å². The summed E-state index contributed by atoms with van der Waals surface area (Å²) in [7, 11) is -2.60. The van der Waals surface area contributed by atoms with Crippen LogP contribution in [0.4, 0.5) is 0 Å². The summed E-state index contributed by atoms with van der Waals surface area (Å²) < 4.78 is 18.8. The maximum absolute atomic E-state index is 12.5. The highest BCUT2D eigenvalue weighted by Crippen LogP contribution is 2.40. The van der Waals surface area contributed by atoms with Crippen molar-refractivity contribution >= 4 is 24.7 Å². The van der Waals surface area contributed by atoms with Crippen LogP contribution in [0.5, 0.6) is 0 Å². The lowest BCUT2D eigenvalue weighted by Crippen LogP contribution is -2.66. The molecular weight excluding hydrogens is 404 g/mol. The van der Waals surface area contributed by atoms with Gasteiger partial charge in [0.2, 0.25) is 5.79 Å². The zero-order chi connectivity index (χ0) is 22.0. The molecule has 2 aliphatic rings. The van der Waals surface area contributed by atoms with Gasteiger partial charge in [-0.1, -0.05) is 87.9 Å². The third kappa shape index (κ3) is 4.36. The Morgan fingerprint density at radius 2 is 1.48 bits per heavy atom. The van der Waals surface area contributed by atoms with E-state index in [1.54, 1.807) is 0 Å². The van der Waals surface area contributed by atoms with Gasteiger partial charge in [-0.2, -0.15) is 0 Å². The molecule has 1 aliphatic carbocycles. The first-order valence-electron chi connectivity index (χ1n) is 11.5. The quantitative estimate of drug-likeness (QED) is 0.490. The molecule has 2 fully saturated rings. The average molecular weight is 439 g/mol. The van der Waals surface area contributed by atoms with Crippen molar-refractivity contribution in [3.05, 3.63) is 60.7 Å². The molecule has 0 aromatic heterocycles. The van der Waals surface area contributed by atoms with Crippen molar-refractivity contribution in [3.63, 3.8) is 0 Å². The summed E-state index contributed by atoms with van der Waals surface area (Å²) in [6, 6.07) is 21.1. The van der Waals surface area contributed by atoms with Crippen LogP contribution < -0.4 is 10.4 Å². The molecule has 1 spiro atoms. The summed E-state index contributed by atoms with van der Waals surface area (Å²) in [6.45, 7) is 7.24. The maximum Gasteiger partial charge on any atom is 0.338 e. The van der Waals surface area contributed by atoms with E-state index in [1.807, 2.05) is 12.1 Å². The van der Waals surface area contributed by atoms with E-state index in [4.69, 9.17) is 13.9 Å².